The van der Waals surface area contributed by atoms with Crippen molar-refractivity contribution >= 4 is 33.5 Å². The van der Waals surface area contributed by atoms with Crippen molar-refractivity contribution in [1.82, 2.24) is 5.32 Å². The number of rotatable bonds is 7. The van der Waals surface area contributed by atoms with Crippen molar-refractivity contribution in [3.63, 3.8) is 0 Å². The number of benzene rings is 2. The van der Waals surface area contributed by atoms with E-state index in [1.165, 1.54) is 0 Å². The Bertz CT molecular complexity index is 849. The maximum absolute atomic E-state index is 12.5. The van der Waals surface area contributed by atoms with E-state index < -0.39 is 11.6 Å². The van der Waals surface area contributed by atoms with Crippen molar-refractivity contribution in [2.24, 2.45) is 0 Å². The van der Waals surface area contributed by atoms with Crippen LogP contribution in [0.1, 0.15) is 57.3 Å². The van der Waals surface area contributed by atoms with Gasteiger partial charge in [-0.2, -0.15) is 0 Å². The van der Waals surface area contributed by atoms with Crippen LogP contribution in [0.3, 0.4) is 0 Å². The lowest BCUT2D eigenvalue weighted by atomic mass is 9.99. The summed E-state index contributed by atoms with van der Waals surface area (Å²) in [5.74, 6) is 0.437. The number of halogens is 2. The van der Waals surface area contributed by atoms with E-state index >= 15 is 0 Å². The van der Waals surface area contributed by atoms with E-state index in [-0.39, 0.29) is 24.2 Å². The molecule has 2 N–H and O–H groups in total. The molecule has 158 valence electrons. The Morgan fingerprint density at radius 2 is 1.86 bits per heavy atom. The molecule has 2 atom stereocenters. The molecule has 2 aromatic rings. The minimum absolute atomic E-state index is 0.0392. The van der Waals surface area contributed by atoms with Crippen LogP contribution in [0.25, 0.3) is 0 Å². The lowest BCUT2D eigenvalue weighted by Gasteiger charge is -2.27. The molecule has 0 fully saturated rings. The van der Waals surface area contributed by atoms with Crippen LogP contribution in [0.2, 0.25) is 5.02 Å². The summed E-state index contributed by atoms with van der Waals surface area (Å²) >= 11 is 9.51. The van der Waals surface area contributed by atoms with Crippen molar-refractivity contribution in [3.8, 4) is 11.5 Å². The molecular weight excluding hydrogens is 458 g/mol. The second-order valence-corrected chi connectivity index (χ2v) is 9.12. The van der Waals surface area contributed by atoms with Crippen LogP contribution in [0.4, 0.5) is 0 Å². The first-order chi connectivity index (χ1) is 13.5. The zero-order valence-electron chi connectivity index (χ0n) is 17.3. The van der Waals surface area contributed by atoms with Gasteiger partial charge in [-0.15, -0.1) is 0 Å². The Balaban J connectivity index is 2.32. The number of aromatic hydroxyl groups is 1. The number of phenolic OH excluding ortho intramolecular Hbond substituents is 1. The van der Waals surface area contributed by atoms with Crippen LogP contribution < -0.4 is 10.1 Å². The Kier molecular flexibility index (Phi) is 7.97. The van der Waals surface area contributed by atoms with Crippen molar-refractivity contribution in [2.75, 3.05) is 7.11 Å². The highest BCUT2D eigenvalue weighted by Gasteiger charge is 2.26. The fourth-order valence-corrected chi connectivity index (χ4v) is 3.78. The van der Waals surface area contributed by atoms with Gasteiger partial charge in [0, 0.05) is 22.7 Å². The highest BCUT2D eigenvalue weighted by molar-refractivity contribution is 9.10. The number of hydrogen-bond acceptors (Lipinski definition) is 5. The van der Waals surface area contributed by atoms with Gasteiger partial charge in [-0.1, -0.05) is 23.7 Å². The summed E-state index contributed by atoms with van der Waals surface area (Å²) in [6, 6.07) is 10.3. The average molecular weight is 485 g/mol. The molecule has 0 spiro atoms. The number of nitrogens with one attached hydrogen (secondary N) is 1. The van der Waals surface area contributed by atoms with Gasteiger partial charge < -0.3 is 19.9 Å². The summed E-state index contributed by atoms with van der Waals surface area (Å²) in [5.41, 5.74) is 0.941. The summed E-state index contributed by atoms with van der Waals surface area (Å²) in [6.45, 7) is 7.45. The molecule has 29 heavy (non-hydrogen) atoms. The number of phenols is 1. The summed E-state index contributed by atoms with van der Waals surface area (Å²) in [6.07, 6.45) is 0.0398. The van der Waals surface area contributed by atoms with Crippen LogP contribution in [-0.2, 0) is 9.53 Å². The zero-order valence-corrected chi connectivity index (χ0v) is 19.6. The monoisotopic (exact) mass is 483 g/mol. The summed E-state index contributed by atoms with van der Waals surface area (Å²) in [4.78, 5) is 12.5. The van der Waals surface area contributed by atoms with Crippen LogP contribution >= 0.6 is 27.5 Å². The SMILES string of the molecule is COc1ccc([C@@H](C)NC(CC(=O)OC(C)(C)C)c2cc(Cl)cc(Br)c2O)cc1. The quantitative estimate of drug-likeness (QED) is 0.476. The number of esters is 1. The fourth-order valence-electron chi connectivity index (χ4n) is 2.95. The molecule has 0 aliphatic rings. The standard InChI is InChI=1S/C22H27BrClNO4/c1-13(14-6-8-16(28-5)9-7-14)25-19(12-20(26)29-22(2,3)4)17-10-15(24)11-18(23)21(17)27/h6-11,13,19,25,27H,12H2,1-5H3/t13-,19?/m1/s1. The normalized spacial score (nSPS) is 13.6. The summed E-state index contributed by atoms with van der Waals surface area (Å²) < 4.78 is 11.2. The molecule has 2 rings (SSSR count). The topological polar surface area (TPSA) is 67.8 Å². The van der Waals surface area contributed by atoms with Gasteiger partial charge in [0.2, 0.25) is 0 Å². The third-order valence-electron chi connectivity index (χ3n) is 4.29. The molecule has 0 radical (unpaired) electrons. The molecule has 2 aromatic carbocycles. The maximum atomic E-state index is 12.5. The third kappa shape index (κ3) is 6.91. The van der Waals surface area contributed by atoms with Crippen molar-refractivity contribution in [2.45, 2.75) is 51.8 Å². The third-order valence-corrected chi connectivity index (χ3v) is 5.11. The molecule has 0 aliphatic carbocycles. The zero-order chi connectivity index (χ0) is 21.8. The molecule has 0 heterocycles. The van der Waals surface area contributed by atoms with Crippen molar-refractivity contribution in [3.05, 3.63) is 57.0 Å². The Morgan fingerprint density at radius 3 is 2.41 bits per heavy atom. The van der Waals surface area contributed by atoms with Crippen molar-refractivity contribution < 1.29 is 19.4 Å². The van der Waals surface area contributed by atoms with Crippen LogP contribution in [0.15, 0.2) is 40.9 Å². The Morgan fingerprint density at radius 1 is 1.24 bits per heavy atom. The number of methoxy groups -OCH3 is 1. The predicted octanol–water partition coefficient (Wildman–Crippen LogP) is 5.94. The molecule has 0 saturated heterocycles. The minimum atomic E-state index is -0.597. The molecule has 7 heteroatoms. The summed E-state index contributed by atoms with van der Waals surface area (Å²) in [5, 5.41) is 14.4. The highest BCUT2D eigenvalue weighted by atomic mass is 79.9. The highest BCUT2D eigenvalue weighted by Crippen LogP contribution is 2.37. The first-order valence-electron chi connectivity index (χ1n) is 9.30. The van der Waals surface area contributed by atoms with Gasteiger partial charge in [0.05, 0.1) is 18.0 Å². The van der Waals surface area contributed by atoms with Crippen LogP contribution in [0.5, 0.6) is 11.5 Å². The summed E-state index contributed by atoms with van der Waals surface area (Å²) in [7, 11) is 1.62. The average Bonchev–Trinajstić information content (AvgIpc) is 2.62. The minimum Gasteiger partial charge on any atom is -0.506 e. The van der Waals surface area contributed by atoms with Crippen LogP contribution in [-0.4, -0.2) is 23.8 Å². The van der Waals surface area contributed by atoms with Gasteiger partial charge in [-0.05, 0) is 73.5 Å². The van der Waals surface area contributed by atoms with Crippen molar-refractivity contribution in [1.29, 1.82) is 0 Å². The van der Waals surface area contributed by atoms with E-state index in [2.05, 4.69) is 21.2 Å². The first-order valence-corrected chi connectivity index (χ1v) is 10.5. The molecule has 0 saturated carbocycles. The van der Waals surface area contributed by atoms with E-state index in [0.29, 0.717) is 15.1 Å². The number of ether oxygens (including phenoxy) is 2. The lowest BCUT2D eigenvalue weighted by Crippen LogP contribution is -2.30. The van der Waals surface area contributed by atoms with Gasteiger partial charge in [0.25, 0.3) is 0 Å². The Hall–Kier alpha value is -1.76. The molecule has 0 amide bonds. The smallest absolute Gasteiger partial charge is 0.308 e. The second-order valence-electron chi connectivity index (χ2n) is 7.83. The second kappa shape index (κ2) is 9.83. The predicted molar refractivity (Wildman–Crippen MR) is 119 cm³/mol. The first kappa shape index (κ1) is 23.5. The molecule has 0 bridgehead atoms. The van der Waals surface area contributed by atoms with Crippen LogP contribution in [0, 0.1) is 0 Å². The maximum Gasteiger partial charge on any atom is 0.308 e. The molecule has 5 nitrogen and oxygen atoms in total. The molecule has 0 aliphatic heterocycles. The molecule has 0 aromatic heterocycles. The number of carbonyl (C=O) groups excluding carboxylic acids is 1. The van der Waals surface area contributed by atoms with E-state index in [9.17, 15) is 9.90 Å². The Labute approximate surface area is 185 Å². The van der Waals surface area contributed by atoms with Gasteiger partial charge >= 0.3 is 5.97 Å². The number of carbonyl (C=O) groups is 1. The van der Waals surface area contributed by atoms with Gasteiger partial charge in [-0.3, -0.25) is 4.79 Å². The largest absolute Gasteiger partial charge is 0.506 e. The van der Waals surface area contributed by atoms with E-state index in [4.69, 9.17) is 21.1 Å². The number of hydrogen-bond donors (Lipinski definition) is 2. The lowest BCUT2D eigenvalue weighted by molar-refractivity contribution is -0.155. The van der Waals surface area contributed by atoms with E-state index in [1.807, 2.05) is 52.0 Å². The van der Waals surface area contributed by atoms with Gasteiger partial charge in [0.1, 0.15) is 17.1 Å². The fraction of sp³-hybridized carbons (Fsp3) is 0.409. The molecule has 1 unspecified atom stereocenters. The van der Waals surface area contributed by atoms with Gasteiger partial charge in [-0.25, -0.2) is 0 Å². The van der Waals surface area contributed by atoms with E-state index in [0.717, 1.165) is 11.3 Å². The van der Waals surface area contributed by atoms with Gasteiger partial charge in [0.15, 0.2) is 0 Å². The molecular formula is C22H27BrClNO4. The van der Waals surface area contributed by atoms with E-state index in [1.54, 1.807) is 19.2 Å².